The molecule has 0 atom stereocenters. The maximum absolute atomic E-state index is 11.4. The van der Waals surface area contributed by atoms with Gasteiger partial charge < -0.3 is 16.4 Å². The third kappa shape index (κ3) is 4.05. The smallest absolute Gasteiger partial charge is 0.243 e. The largest absolute Gasteiger partial charge is 0.346 e. The van der Waals surface area contributed by atoms with E-state index in [0.717, 1.165) is 5.69 Å². The normalized spacial score (nSPS) is 9.62. The van der Waals surface area contributed by atoms with Crippen molar-refractivity contribution < 1.29 is 9.59 Å². The predicted octanol–water partition coefficient (Wildman–Crippen LogP) is -0.597. The fraction of sp³-hybridized carbons (Fsp3) is 0.300. The molecule has 1 aromatic rings. The highest BCUT2D eigenvalue weighted by Crippen LogP contribution is 2.06. The van der Waals surface area contributed by atoms with Crippen molar-refractivity contribution in [1.82, 2.24) is 10.3 Å². The Hall–Kier alpha value is -1.95. The SMILES string of the molecule is Cc1cc(NC(=O)CNC(=O)CN)ccn1. The lowest BCUT2D eigenvalue weighted by Gasteiger charge is -2.06. The van der Waals surface area contributed by atoms with Crippen LogP contribution in [0.25, 0.3) is 0 Å². The summed E-state index contributed by atoms with van der Waals surface area (Å²) in [4.78, 5) is 26.2. The molecule has 0 spiro atoms. The third-order valence-corrected chi connectivity index (χ3v) is 1.81. The first-order chi connectivity index (χ1) is 7.61. The third-order valence-electron chi connectivity index (χ3n) is 1.81. The Bertz CT molecular complexity index is 392. The summed E-state index contributed by atoms with van der Waals surface area (Å²) < 4.78 is 0. The van der Waals surface area contributed by atoms with Crippen molar-refractivity contribution in [2.75, 3.05) is 18.4 Å². The zero-order valence-corrected chi connectivity index (χ0v) is 8.99. The fourth-order valence-corrected chi connectivity index (χ4v) is 1.08. The van der Waals surface area contributed by atoms with E-state index in [1.807, 2.05) is 6.92 Å². The number of carbonyl (C=O) groups is 2. The molecule has 0 aliphatic heterocycles. The van der Waals surface area contributed by atoms with Crippen molar-refractivity contribution in [2.24, 2.45) is 5.73 Å². The Kier molecular flexibility index (Phi) is 4.41. The summed E-state index contributed by atoms with van der Waals surface area (Å²) in [6, 6.07) is 3.41. The minimum Gasteiger partial charge on any atom is -0.346 e. The van der Waals surface area contributed by atoms with Crippen LogP contribution >= 0.6 is 0 Å². The first kappa shape index (κ1) is 12.1. The maximum atomic E-state index is 11.4. The summed E-state index contributed by atoms with van der Waals surface area (Å²) in [5.41, 5.74) is 6.54. The zero-order valence-electron chi connectivity index (χ0n) is 8.99. The van der Waals surface area contributed by atoms with Crippen molar-refractivity contribution in [3.05, 3.63) is 24.0 Å². The van der Waals surface area contributed by atoms with E-state index in [-0.39, 0.29) is 24.9 Å². The molecule has 1 rings (SSSR count). The minimum absolute atomic E-state index is 0.0859. The molecule has 0 unspecified atom stereocenters. The Morgan fingerprint density at radius 2 is 2.19 bits per heavy atom. The summed E-state index contributed by atoms with van der Waals surface area (Å²) in [7, 11) is 0. The Balaban J connectivity index is 2.43. The van der Waals surface area contributed by atoms with Gasteiger partial charge in [-0.3, -0.25) is 14.6 Å². The van der Waals surface area contributed by atoms with Crippen molar-refractivity contribution in [2.45, 2.75) is 6.92 Å². The molecule has 0 aliphatic rings. The molecule has 0 radical (unpaired) electrons. The van der Waals surface area contributed by atoms with Crippen LogP contribution < -0.4 is 16.4 Å². The van der Waals surface area contributed by atoms with E-state index in [2.05, 4.69) is 15.6 Å². The lowest BCUT2D eigenvalue weighted by molar-refractivity contribution is -0.123. The Morgan fingerprint density at radius 1 is 1.44 bits per heavy atom. The van der Waals surface area contributed by atoms with Gasteiger partial charge in [0, 0.05) is 17.6 Å². The van der Waals surface area contributed by atoms with E-state index in [0.29, 0.717) is 5.69 Å². The van der Waals surface area contributed by atoms with Gasteiger partial charge in [-0.2, -0.15) is 0 Å². The van der Waals surface area contributed by atoms with Crippen LogP contribution in [0, 0.1) is 6.92 Å². The lowest BCUT2D eigenvalue weighted by Crippen LogP contribution is -2.36. The molecule has 0 bridgehead atoms. The molecule has 0 saturated carbocycles. The van der Waals surface area contributed by atoms with Gasteiger partial charge in [0.1, 0.15) is 0 Å². The topological polar surface area (TPSA) is 97.1 Å². The molecule has 4 N–H and O–H groups in total. The number of anilines is 1. The Morgan fingerprint density at radius 3 is 2.81 bits per heavy atom. The molecule has 0 saturated heterocycles. The summed E-state index contributed by atoms with van der Waals surface area (Å²) in [5.74, 6) is -0.659. The van der Waals surface area contributed by atoms with Crippen LogP contribution in [0.2, 0.25) is 0 Å². The summed E-state index contributed by atoms with van der Waals surface area (Å²) in [6.45, 7) is 1.62. The maximum Gasteiger partial charge on any atom is 0.243 e. The Labute approximate surface area is 93.2 Å². The first-order valence-electron chi connectivity index (χ1n) is 4.81. The van der Waals surface area contributed by atoms with Gasteiger partial charge in [-0.1, -0.05) is 0 Å². The molecular weight excluding hydrogens is 208 g/mol. The molecule has 0 aliphatic carbocycles. The van der Waals surface area contributed by atoms with Crippen LogP contribution in [-0.4, -0.2) is 29.9 Å². The minimum atomic E-state index is -0.360. The van der Waals surface area contributed by atoms with Crippen LogP contribution in [0.15, 0.2) is 18.3 Å². The fourth-order valence-electron chi connectivity index (χ4n) is 1.08. The van der Waals surface area contributed by atoms with Crippen LogP contribution in [0.1, 0.15) is 5.69 Å². The number of carbonyl (C=O) groups excluding carboxylic acids is 2. The number of nitrogens with two attached hydrogens (primary N) is 1. The number of amides is 2. The number of hydrogen-bond acceptors (Lipinski definition) is 4. The number of pyridine rings is 1. The summed E-state index contributed by atoms with van der Waals surface area (Å²) in [5, 5.41) is 5.00. The second-order valence-electron chi connectivity index (χ2n) is 3.21. The van der Waals surface area contributed by atoms with Gasteiger partial charge in [0.05, 0.1) is 13.1 Å². The van der Waals surface area contributed by atoms with E-state index in [9.17, 15) is 9.59 Å². The molecule has 2 amide bonds. The summed E-state index contributed by atoms with van der Waals surface area (Å²) in [6.07, 6.45) is 1.60. The molecule has 86 valence electrons. The van der Waals surface area contributed by atoms with Crippen molar-refractivity contribution in [1.29, 1.82) is 0 Å². The molecule has 1 heterocycles. The number of aromatic nitrogens is 1. The van der Waals surface area contributed by atoms with Gasteiger partial charge in [0.2, 0.25) is 11.8 Å². The quantitative estimate of drug-likeness (QED) is 0.634. The van der Waals surface area contributed by atoms with E-state index >= 15 is 0 Å². The number of nitrogens with one attached hydrogen (secondary N) is 2. The van der Waals surface area contributed by atoms with Crippen LogP contribution in [-0.2, 0) is 9.59 Å². The highest BCUT2D eigenvalue weighted by Gasteiger charge is 2.04. The van der Waals surface area contributed by atoms with Crippen LogP contribution in [0.4, 0.5) is 5.69 Å². The monoisotopic (exact) mass is 222 g/mol. The molecule has 1 aromatic heterocycles. The van der Waals surface area contributed by atoms with Gasteiger partial charge in [-0.05, 0) is 19.1 Å². The van der Waals surface area contributed by atoms with Crippen LogP contribution in [0.5, 0.6) is 0 Å². The van der Waals surface area contributed by atoms with E-state index in [1.54, 1.807) is 18.3 Å². The second kappa shape index (κ2) is 5.82. The number of hydrogen-bond donors (Lipinski definition) is 3. The molecular formula is C10H14N4O2. The average molecular weight is 222 g/mol. The molecule has 6 heteroatoms. The van der Waals surface area contributed by atoms with Gasteiger partial charge in [0.25, 0.3) is 0 Å². The number of rotatable bonds is 4. The summed E-state index contributed by atoms with van der Waals surface area (Å²) >= 11 is 0. The number of aryl methyl sites for hydroxylation is 1. The van der Waals surface area contributed by atoms with Gasteiger partial charge in [0.15, 0.2) is 0 Å². The van der Waals surface area contributed by atoms with E-state index in [1.165, 1.54) is 0 Å². The van der Waals surface area contributed by atoms with Crippen molar-refractivity contribution in [3.8, 4) is 0 Å². The van der Waals surface area contributed by atoms with E-state index < -0.39 is 0 Å². The standard InChI is InChI=1S/C10H14N4O2/c1-7-4-8(2-3-12-7)14-10(16)6-13-9(15)5-11/h2-4H,5-6,11H2,1H3,(H,13,15)(H,12,14,16). The van der Waals surface area contributed by atoms with Gasteiger partial charge >= 0.3 is 0 Å². The predicted molar refractivity (Wildman–Crippen MR) is 59.7 cm³/mol. The molecule has 0 fully saturated rings. The zero-order chi connectivity index (χ0) is 12.0. The highest BCUT2D eigenvalue weighted by atomic mass is 16.2. The molecule has 0 aromatic carbocycles. The molecule has 6 nitrogen and oxygen atoms in total. The lowest BCUT2D eigenvalue weighted by atomic mass is 10.3. The molecule has 16 heavy (non-hydrogen) atoms. The van der Waals surface area contributed by atoms with Crippen molar-refractivity contribution in [3.63, 3.8) is 0 Å². The van der Waals surface area contributed by atoms with Gasteiger partial charge in [-0.15, -0.1) is 0 Å². The average Bonchev–Trinajstić information content (AvgIpc) is 2.26. The van der Waals surface area contributed by atoms with Gasteiger partial charge in [-0.25, -0.2) is 0 Å². The number of nitrogens with zero attached hydrogens (tertiary/aromatic N) is 1. The van der Waals surface area contributed by atoms with E-state index in [4.69, 9.17) is 5.73 Å². The highest BCUT2D eigenvalue weighted by molar-refractivity contribution is 5.94. The second-order valence-corrected chi connectivity index (χ2v) is 3.21. The van der Waals surface area contributed by atoms with Crippen LogP contribution in [0.3, 0.4) is 0 Å². The first-order valence-corrected chi connectivity index (χ1v) is 4.81. The van der Waals surface area contributed by atoms with Crippen molar-refractivity contribution >= 4 is 17.5 Å².